The Morgan fingerprint density at radius 2 is 1.96 bits per heavy atom. The fraction of sp³-hybridized carbons (Fsp3) is 0.222. The van der Waals surface area contributed by atoms with Gasteiger partial charge in [0.05, 0.1) is 17.4 Å². The Morgan fingerprint density at radius 1 is 1.21 bits per heavy atom. The molecule has 0 aliphatic carbocycles. The number of benzene rings is 2. The minimum absolute atomic E-state index is 0.0632. The maximum atomic E-state index is 12.1. The van der Waals surface area contributed by atoms with Crippen LogP contribution < -0.4 is 5.32 Å². The molecule has 0 radical (unpaired) electrons. The number of esters is 1. The number of carbonyl (C=O) groups is 2. The van der Waals surface area contributed by atoms with E-state index in [4.69, 9.17) is 4.74 Å². The molecule has 2 aromatic rings. The van der Waals surface area contributed by atoms with Crippen molar-refractivity contribution in [1.82, 2.24) is 0 Å². The van der Waals surface area contributed by atoms with E-state index in [-0.39, 0.29) is 24.9 Å². The molecule has 3 rings (SSSR count). The molecule has 6 heteroatoms. The van der Waals surface area contributed by atoms with Crippen LogP contribution in [0, 0.1) is 0 Å². The fourth-order valence-corrected chi connectivity index (χ4v) is 3.83. The second kappa shape index (κ2) is 7.77. The average molecular weight is 359 g/mol. The summed E-state index contributed by atoms with van der Waals surface area (Å²) in [5, 5.41) is 2.38. The first-order chi connectivity index (χ1) is 11.7. The fourth-order valence-electron chi connectivity index (χ4n) is 2.32. The third-order valence-electron chi connectivity index (χ3n) is 3.62. The summed E-state index contributed by atoms with van der Waals surface area (Å²) in [6, 6.07) is 15.4. The molecule has 0 saturated carbocycles. The summed E-state index contributed by atoms with van der Waals surface area (Å²) >= 11 is 3.07. The van der Waals surface area contributed by atoms with E-state index in [1.807, 2.05) is 54.8 Å². The molecule has 2 aromatic carbocycles. The van der Waals surface area contributed by atoms with E-state index in [0.717, 1.165) is 16.1 Å². The van der Waals surface area contributed by atoms with Crippen LogP contribution in [0.2, 0.25) is 0 Å². The Morgan fingerprint density at radius 3 is 2.71 bits per heavy atom. The van der Waals surface area contributed by atoms with Crippen molar-refractivity contribution in [2.45, 2.75) is 28.1 Å². The lowest BCUT2D eigenvalue weighted by molar-refractivity contribution is -0.145. The number of thioether (sulfide) groups is 2. The number of anilines is 1. The molecule has 1 amide bonds. The molecular weight excluding hydrogens is 342 g/mol. The molecule has 0 aromatic heterocycles. The van der Waals surface area contributed by atoms with E-state index in [1.54, 1.807) is 11.8 Å². The van der Waals surface area contributed by atoms with Gasteiger partial charge in [0.2, 0.25) is 5.91 Å². The van der Waals surface area contributed by atoms with Crippen molar-refractivity contribution < 1.29 is 14.3 Å². The molecule has 1 heterocycles. The summed E-state index contributed by atoms with van der Waals surface area (Å²) < 4.78 is 5.30. The van der Waals surface area contributed by atoms with Crippen LogP contribution >= 0.6 is 23.5 Å². The zero-order valence-corrected chi connectivity index (χ0v) is 14.8. The zero-order chi connectivity index (χ0) is 16.9. The van der Waals surface area contributed by atoms with Crippen LogP contribution in [0.1, 0.15) is 12.0 Å². The first-order valence-corrected chi connectivity index (χ1v) is 9.61. The molecule has 24 heavy (non-hydrogen) atoms. The SMILES string of the molecule is CSc1ccc(COC(=O)C[C@H]2Sc3ccccc3NC2=O)cc1. The Kier molecular flexibility index (Phi) is 5.48. The van der Waals surface area contributed by atoms with Gasteiger partial charge in [0.25, 0.3) is 0 Å². The number of para-hydroxylation sites is 1. The predicted molar refractivity (Wildman–Crippen MR) is 97.4 cm³/mol. The average Bonchev–Trinajstić information content (AvgIpc) is 2.61. The summed E-state index contributed by atoms with van der Waals surface area (Å²) in [6.45, 7) is 0.225. The van der Waals surface area contributed by atoms with Gasteiger partial charge in [-0.15, -0.1) is 23.5 Å². The Labute approximate surface area is 149 Å². The number of fused-ring (bicyclic) bond motifs is 1. The van der Waals surface area contributed by atoms with E-state index in [2.05, 4.69) is 5.32 Å². The number of ether oxygens (including phenoxy) is 1. The molecule has 0 spiro atoms. The van der Waals surface area contributed by atoms with Crippen molar-refractivity contribution in [2.24, 2.45) is 0 Å². The van der Waals surface area contributed by atoms with Crippen molar-refractivity contribution in [2.75, 3.05) is 11.6 Å². The van der Waals surface area contributed by atoms with Crippen molar-refractivity contribution in [3.05, 3.63) is 54.1 Å². The summed E-state index contributed by atoms with van der Waals surface area (Å²) in [6.07, 6.45) is 2.08. The smallest absolute Gasteiger partial charge is 0.307 e. The van der Waals surface area contributed by atoms with Crippen LogP contribution in [0.3, 0.4) is 0 Å². The van der Waals surface area contributed by atoms with Gasteiger partial charge in [-0.1, -0.05) is 24.3 Å². The molecule has 0 unspecified atom stereocenters. The van der Waals surface area contributed by atoms with Gasteiger partial charge in [0, 0.05) is 9.79 Å². The van der Waals surface area contributed by atoms with Crippen LogP contribution in [-0.2, 0) is 20.9 Å². The number of hydrogen-bond acceptors (Lipinski definition) is 5. The van der Waals surface area contributed by atoms with E-state index in [0.29, 0.717) is 0 Å². The Balaban J connectivity index is 1.54. The number of rotatable bonds is 5. The molecule has 1 atom stereocenters. The highest BCUT2D eigenvalue weighted by atomic mass is 32.2. The number of hydrogen-bond donors (Lipinski definition) is 1. The lowest BCUT2D eigenvalue weighted by Crippen LogP contribution is -2.31. The van der Waals surface area contributed by atoms with E-state index in [1.165, 1.54) is 16.7 Å². The molecule has 124 valence electrons. The third-order valence-corrected chi connectivity index (χ3v) is 5.64. The summed E-state index contributed by atoms with van der Waals surface area (Å²) in [4.78, 5) is 26.3. The van der Waals surface area contributed by atoms with Gasteiger partial charge < -0.3 is 10.1 Å². The topological polar surface area (TPSA) is 55.4 Å². The Bertz CT molecular complexity index is 746. The van der Waals surface area contributed by atoms with Crippen LogP contribution in [0.5, 0.6) is 0 Å². The highest BCUT2D eigenvalue weighted by Crippen LogP contribution is 2.36. The van der Waals surface area contributed by atoms with Gasteiger partial charge >= 0.3 is 5.97 Å². The predicted octanol–water partition coefficient (Wildman–Crippen LogP) is 3.95. The molecular formula is C18H17NO3S2. The van der Waals surface area contributed by atoms with E-state index in [9.17, 15) is 9.59 Å². The lowest BCUT2D eigenvalue weighted by Gasteiger charge is -2.23. The normalized spacial score (nSPS) is 16.2. The van der Waals surface area contributed by atoms with Crippen LogP contribution in [0.4, 0.5) is 5.69 Å². The maximum Gasteiger partial charge on any atom is 0.307 e. The number of nitrogens with one attached hydrogen (secondary N) is 1. The van der Waals surface area contributed by atoms with Crippen molar-refractivity contribution >= 4 is 41.1 Å². The first-order valence-electron chi connectivity index (χ1n) is 7.51. The largest absolute Gasteiger partial charge is 0.461 e. The monoisotopic (exact) mass is 359 g/mol. The lowest BCUT2D eigenvalue weighted by atomic mass is 10.2. The third kappa shape index (κ3) is 4.13. The summed E-state index contributed by atoms with van der Waals surface area (Å²) in [7, 11) is 0. The van der Waals surface area contributed by atoms with Gasteiger partial charge in [-0.2, -0.15) is 0 Å². The number of carbonyl (C=O) groups excluding carboxylic acids is 2. The molecule has 0 saturated heterocycles. The second-order valence-corrected chi connectivity index (χ2v) is 7.43. The first kappa shape index (κ1) is 16.9. The molecule has 0 fully saturated rings. The highest BCUT2D eigenvalue weighted by molar-refractivity contribution is 8.01. The Hall–Kier alpha value is -1.92. The van der Waals surface area contributed by atoms with Gasteiger partial charge in [-0.25, -0.2) is 0 Å². The molecule has 4 nitrogen and oxygen atoms in total. The van der Waals surface area contributed by atoms with Gasteiger partial charge in [0.15, 0.2) is 0 Å². The van der Waals surface area contributed by atoms with Crippen molar-refractivity contribution in [3.63, 3.8) is 0 Å². The summed E-state index contributed by atoms with van der Waals surface area (Å²) in [5.74, 6) is -0.518. The minimum Gasteiger partial charge on any atom is -0.461 e. The van der Waals surface area contributed by atoms with Gasteiger partial charge in [-0.05, 0) is 36.1 Å². The van der Waals surface area contributed by atoms with Crippen molar-refractivity contribution in [1.29, 1.82) is 0 Å². The standard InChI is InChI=1S/C18H17NO3S2/c1-23-13-8-6-12(7-9-13)11-22-17(20)10-16-18(21)19-14-4-2-3-5-15(14)24-16/h2-9,16H,10-11H2,1H3,(H,19,21)/t16-/m1/s1. The van der Waals surface area contributed by atoms with Crippen LogP contribution in [0.25, 0.3) is 0 Å². The molecule has 0 bridgehead atoms. The zero-order valence-electron chi connectivity index (χ0n) is 13.2. The molecule has 1 aliphatic heterocycles. The molecule has 1 aliphatic rings. The summed E-state index contributed by atoms with van der Waals surface area (Å²) in [5.41, 5.74) is 1.73. The van der Waals surface area contributed by atoms with Gasteiger partial charge in [0.1, 0.15) is 6.61 Å². The van der Waals surface area contributed by atoms with Gasteiger partial charge in [-0.3, -0.25) is 9.59 Å². The quantitative estimate of drug-likeness (QED) is 0.647. The molecule has 1 N–H and O–H groups in total. The van der Waals surface area contributed by atoms with Crippen molar-refractivity contribution in [3.8, 4) is 0 Å². The van der Waals surface area contributed by atoms with E-state index < -0.39 is 5.25 Å². The van der Waals surface area contributed by atoms with E-state index >= 15 is 0 Å². The van der Waals surface area contributed by atoms with Crippen LogP contribution in [-0.4, -0.2) is 23.4 Å². The van der Waals surface area contributed by atoms with Crippen LogP contribution in [0.15, 0.2) is 58.3 Å². The minimum atomic E-state index is -0.453. The highest BCUT2D eigenvalue weighted by Gasteiger charge is 2.29. The second-order valence-electron chi connectivity index (χ2n) is 5.30. The maximum absolute atomic E-state index is 12.1. The number of amides is 1.